The second kappa shape index (κ2) is 6.00. The number of nitrogens with zero attached hydrogens (tertiary/aromatic N) is 4. The molecule has 0 aromatic carbocycles. The number of aromatic nitrogens is 4. The zero-order valence-corrected chi connectivity index (χ0v) is 13.9. The molecule has 3 aromatic heterocycles. The van der Waals surface area contributed by atoms with Crippen molar-refractivity contribution in [3.05, 3.63) is 62.7 Å². The van der Waals surface area contributed by atoms with Gasteiger partial charge in [0.25, 0.3) is 5.56 Å². The Bertz CT molecular complexity index is 993. The van der Waals surface area contributed by atoms with Crippen LogP contribution in [0.5, 0.6) is 0 Å². The summed E-state index contributed by atoms with van der Waals surface area (Å²) in [5.74, 6) is 0.646. The number of aryl methyl sites for hydroxylation is 2. The SMILES string of the molecule is Cc1cnc2c(c1SCc1ccccn1)c(=O)n(C)c(=O)n2C. The van der Waals surface area contributed by atoms with Crippen molar-refractivity contribution in [1.82, 2.24) is 19.1 Å². The molecule has 0 fully saturated rings. The summed E-state index contributed by atoms with van der Waals surface area (Å²) in [6.07, 6.45) is 3.44. The molecule has 0 unspecified atom stereocenters. The fourth-order valence-electron chi connectivity index (χ4n) is 2.41. The maximum absolute atomic E-state index is 12.6. The Kier molecular flexibility index (Phi) is 4.04. The summed E-state index contributed by atoms with van der Waals surface area (Å²) in [6, 6.07) is 5.75. The van der Waals surface area contributed by atoms with Crippen LogP contribution in [0.4, 0.5) is 0 Å². The molecule has 7 heteroatoms. The van der Waals surface area contributed by atoms with Crippen LogP contribution in [0.3, 0.4) is 0 Å². The standard InChI is InChI=1S/C16H16N4O2S/c1-10-8-18-14-12(15(21)20(3)16(22)19(14)2)13(10)23-9-11-6-4-5-7-17-11/h4-8H,9H2,1-3H3. The molecular formula is C16H16N4O2S. The Balaban J connectivity index is 2.18. The lowest BCUT2D eigenvalue weighted by molar-refractivity contribution is 0.705. The fraction of sp³-hybridized carbons (Fsp3) is 0.250. The van der Waals surface area contributed by atoms with Gasteiger partial charge in [-0.25, -0.2) is 9.78 Å². The van der Waals surface area contributed by atoms with Crippen molar-refractivity contribution in [2.45, 2.75) is 17.6 Å². The molecule has 0 amide bonds. The van der Waals surface area contributed by atoms with E-state index in [4.69, 9.17) is 0 Å². The highest BCUT2D eigenvalue weighted by Gasteiger charge is 2.16. The molecule has 23 heavy (non-hydrogen) atoms. The van der Waals surface area contributed by atoms with Gasteiger partial charge in [0.2, 0.25) is 0 Å². The molecule has 0 aliphatic carbocycles. The third-order valence-electron chi connectivity index (χ3n) is 3.69. The Morgan fingerprint density at radius 2 is 1.91 bits per heavy atom. The van der Waals surface area contributed by atoms with Crippen LogP contribution in [0.1, 0.15) is 11.3 Å². The lowest BCUT2D eigenvalue weighted by Crippen LogP contribution is -2.37. The first kappa shape index (κ1) is 15.5. The fourth-order valence-corrected chi connectivity index (χ4v) is 3.48. The first-order valence-corrected chi connectivity index (χ1v) is 8.07. The number of hydrogen-bond acceptors (Lipinski definition) is 5. The molecular weight excluding hydrogens is 312 g/mol. The molecule has 0 saturated heterocycles. The highest BCUT2D eigenvalue weighted by atomic mass is 32.2. The van der Waals surface area contributed by atoms with Crippen LogP contribution in [0, 0.1) is 6.92 Å². The molecule has 0 N–H and O–H groups in total. The summed E-state index contributed by atoms with van der Waals surface area (Å²) in [4.78, 5) is 34.0. The smallest absolute Gasteiger partial charge is 0.280 e. The zero-order chi connectivity index (χ0) is 16.6. The van der Waals surface area contributed by atoms with Crippen LogP contribution in [0.15, 0.2) is 45.1 Å². The Labute approximate surface area is 136 Å². The largest absolute Gasteiger partial charge is 0.332 e. The molecule has 0 aliphatic rings. The molecule has 0 spiro atoms. The van der Waals surface area contributed by atoms with Gasteiger partial charge < -0.3 is 0 Å². The van der Waals surface area contributed by atoms with E-state index in [0.717, 1.165) is 20.7 Å². The van der Waals surface area contributed by atoms with E-state index < -0.39 is 0 Å². The highest BCUT2D eigenvalue weighted by Crippen LogP contribution is 2.29. The maximum Gasteiger partial charge on any atom is 0.332 e. The van der Waals surface area contributed by atoms with E-state index >= 15 is 0 Å². The normalized spacial score (nSPS) is 11.1. The monoisotopic (exact) mass is 328 g/mol. The summed E-state index contributed by atoms with van der Waals surface area (Å²) in [6.45, 7) is 1.91. The maximum atomic E-state index is 12.6. The van der Waals surface area contributed by atoms with Gasteiger partial charge in [-0.15, -0.1) is 11.8 Å². The minimum absolute atomic E-state index is 0.317. The molecule has 0 atom stereocenters. The Hall–Kier alpha value is -2.41. The van der Waals surface area contributed by atoms with Crippen molar-refractivity contribution in [2.24, 2.45) is 14.1 Å². The van der Waals surface area contributed by atoms with Crippen LogP contribution >= 0.6 is 11.8 Å². The topological polar surface area (TPSA) is 69.8 Å². The zero-order valence-electron chi connectivity index (χ0n) is 13.1. The molecule has 3 heterocycles. The Morgan fingerprint density at radius 3 is 2.61 bits per heavy atom. The molecule has 118 valence electrons. The van der Waals surface area contributed by atoms with Crippen LogP contribution in [-0.4, -0.2) is 19.1 Å². The van der Waals surface area contributed by atoms with Gasteiger partial charge in [0.1, 0.15) is 5.65 Å². The number of rotatable bonds is 3. The third kappa shape index (κ3) is 2.68. The van der Waals surface area contributed by atoms with E-state index in [2.05, 4.69) is 9.97 Å². The minimum atomic E-state index is -0.375. The number of fused-ring (bicyclic) bond motifs is 1. The highest BCUT2D eigenvalue weighted by molar-refractivity contribution is 7.98. The summed E-state index contributed by atoms with van der Waals surface area (Å²) < 4.78 is 2.52. The number of pyridine rings is 2. The second-order valence-electron chi connectivity index (χ2n) is 5.28. The van der Waals surface area contributed by atoms with Crippen LogP contribution in [0.2, 0.25) is 0 Å². The van der Waals surface area contributed by atoms with E-state index in [-0.39, 0.29) is 11.2 Å². The van der Waals surface area contributed by atoms with E-state index in [0.29, 0.717) is 16.8 Å². The predicted octanol–water partition coefficient (Wildman–Crippen LogP) is 1.63. The first-order chi connectivity index (χ1) is 11.0. The molecule has 0 bridgehead atoms. The summed E-state index contributed by atoms with van der Waals surface area (Å²) in [5.41, 5.74) is 1.56. The van der Waals surface area contributed by atoms with Crippen LogP contribution in [-0.2, 0) is 19.8 Å². The van der Waals surface area contributed by atoms with Crippen molar-refractivity contribution in [3.63, 3.8) is 0 Å². The molecule has 6 nitrogen and oxygen atoms in total. The van der Waals surface area contributed by atoms with Crippen molar-refractivity contribution in [3.8, 4) is 0 Å². The van der Waals surface area contributed by atoms with Crippen LogP contribution < -0.4 is 11.2 Å². The van der Waals surface area contributed by atoms with Gasteiger partial charge >= 0.3 is 5.69 Å². The van der Waals surface area contributed by atoms with Crippen LogP contribution in [0.25, 0.3) is 11.0 Å². The van der Waals surface area contributed by atoms with Crippen molar-refractivity contribution in [2.75, 3.05) is 0 Å². The van der Waals surface area contributed by atoms with Gasteiger partial charge in [0.15, 0.2) is 0 Å². The summed E-state index contributed by atoms with van der Waals surface area (Å²) in [7, 11) is 3.11. The molecule has 3 rings (SSSR count). The van der Waals surface area contributed by atoms with E-state index in [1.165, 1.54) is 23.4 Å². The number of thioether (sulfide) groups is 1. The van der Waals surface area contributed by atoms with Crippen molar-refractivity contribution in [1.29, 1.82) is 0 Å². The predicted molar refractivity (Wildman–Crippen MR) is 90.8 cm³/mol. The molecule has 0 saturated carbocycles. The van der Waals surface area contributed by atoms with Gasteiger partial charge in [0.05, 0.1) is 11.1 Å². The summed E-state index contributed by atoms with van der Waals surface area (Å²) in [5, 5.41) is 0.482. The molecule has 0 aliphatic heterocycles. The Morgan fingerprint density at radius 1 is 1.13 bits per heavy atom. The average Bonchev–Trinajstić information content (AvgIpc) is 2.57. The lowest BCUT2D eigenvalue weighted by Gasteiger charge is -2.12. The van der Waals surface area contributed by atoms with E-state index in [9.17, 15) is 9.59 Å². The molecule has 3 aromatic rings. The van der Waals surface area contributed by atoms with E-state index in [1.54, 1.807) is 19.4 Å². The van der Waals surface area contributed by atoms with Gasteiger partial charge in [-0.05, 0) is 24.6 Å². The lowest BCUT2D eigenvalue weighted by atomic mass is 10.2. The third-order valence-corrected chi connectivity index (χ3v) is 4.94. The first-order valence-electron chi connectivity index (χ1n) is 7.08. The van der Waals surface area contributed by atoms with Gasteiger partial charge in [0, 0.05) is 37.1 Å². The van der Waals surface area contributed by atoms with Gasteiger partial charge in [-0.3, -0.25) is 18.9 Å². The van der Waals surface area contributed by atoms with E-state index in [1.807, 2.05) is 25.1 Å². The minimum Gasteiger partial charge on any atom is -0.280 e. The summed E-state index contributed by atoms with van der Waals surface area (Å²) >= 11 is 1.54. The van der Waals surface area contributed by atoms with Gasteiger partial charge in [-0.1, -0.05) is 6.07 Å². The second-order valence-corrected chi connectivity index (χ2v) is 6.27. The van der Waals surface area contributed by atoms with Crippen molar-refractivity contribution < 1.29 is 0 Å². The molecule has 0 radical (unpaired) electrons. The van der Waals surface area contributed by atoms with Gasteiger partial charge in [-0.2, -0.15) is 0 Å². The number of hydrogen-bond donors (Lipinski definition) is 0. The average molecular weight is 328 g/mol. The quantitative estimate of drug-likeness (QED) is 0.684. The van der Waals surface area contributed by atoms with Crippen molar-refractivity contribution >= 4 is 22.8 Å².